The van der Waals surface area contributed by atoms with Crippen molar-refractivity contribution in [2.24, 2.45) is 5.92 Å². The van der Waals surface area contributed by atoms with Gasteiger partial charge in [0.1, 0.15) is 6.07 Å². The number of para-hydroxylation sites is 1. The minimum atomic E-state index is -5.08. The largest absolute Gasteiger partial charge is 0.490 e. The van der Waals surface area contributed by atoms with Crippen LogP contribution in [0.2, 0.25) is 0 Å². The molecule has 1 saturated carbocycles. The first-order chi connectivity index (χ1) is 14.2. The molecule has 1 aliphatic carbocycles. The van der Waals surface area contributed by atoms with Gasteiger partial charge in [-0.15, -0.1) is 0 Å². The number of carboxylic acids is 1. The summed E-state index contributed by atoms with van der Waals surface area (Å²) in [6.07, 6.45) is 1.79. The molecule has 0 aromatic heterocycles. The summed E-state index contributed by atoms with van der Waals surface area (Å²) in [4.78, 5) is 26.1. The average Bonchev–Trinajstić information content (AvgIpc) is 3.46. The van der Waals surface area contributed by atoms with Crippen LogP contribution in [0.25, 0.3) is 0 Å². The third-order valence-electron chi connectivity index (χ3n) is 5.96. The molecule has 2 heterocycles. The summed E-state index contributed by atoms with van der Waals surface area (Å²) in [6.45, 7) is 3.02. The maximum atomic E-state index is 12.8. The van der Waals surface area contributed by atoms with E-state index in [0.29, 0.717) is 12.0 Å². The quantitative estimate of drug-likeness (QED) is 0.804. The number of nitriles is 1. The Morgan fingerprint density at radius 1 is 1.27 bits per heavy atom. The fourth-order valence-electron chi connectivity index (χ4n) is 4.27. The minimum Gasteiger partial charge on any atom is -0.475 e. The van der Waals surface area contributed by atoms with E-state index < -0.39 is 12.1 Å². The van der Waals surface area contributed by atoms with Gasteiger partial charge in [-0.3, -0.25) is 9.69 Å². The molecular formula is C21H24F3N3O3. The van der Waals surface area contributed by atoms with Gasteiger partial charge in [-0.1, -0.05) is 18.6 Å². The number of aliphatic carboxylic acids is 1. The number of benzene rings is 1. The fraction of sp³-hybridized carbons (Fsp3) is 0.571. The van der Waals surface area contributed by atoms with E-state index in [2.05, 4.69) is 11.0 Å². The standard InChI is InChI=1S/C19H23N3O.C2HF3O2/c20-12-16-5-1-2-6-17(16)22-14-19(11-18(22)23)9-3-4-10-21(19)13-15-7-8-15;3-2(4,5)1(6)7/h1-2,5-6,15H,3-4,7-11,13-14H2;(H,6,7). The van der Waals surface area contributed by atoms with Crippen LogP contribution in [0.15, 0.2) is 24.3 Å². The van der Waals surface area contributed by atoms with Gasteiger partial charge < -0.3 is 10.0 Å². The van der Waals surface area contributed by atoms with Crippen molar-refractivity contribution in [1.82, 2.24) is 4.90 Å². The molecule has 1 unspecified atom stereocenters. The molecule has 162 valence electrons. The molecule has 2 saturated heterocycles. The Labute approximate surface area is 172 Å². The van der Waals surface area contributed by atoms with Crippen molar-refractivity contribution >= 4 is 17.6 Å². The number of carbonyl (C=O) groups is 2. The Bertz CT molecular complexity index is 848. The molecule has 2 aliphatic heterocycles. The number of amides is 1. The monoisotopic (exact) mass is 423 g/mol. The lowest BCUT2D eigenvalue weighted by molar-refractivity contribution is -0.192. The van der Waals surface area contributed by atoms with Crippen LogP contribution >= 0.6 is 0 Å². The minimum absolute atomic E-state index is 0.000487. The molecule has 1 atom stereocenters. The molecule has 1 aromatic carbocycles. The fourth-order valence-corrected chi connectivity index (χ4v) is 4.27. The number of nitrogens with zero attached hydrogens (tertiary/aromatic N) is 3. The molecule has 0 bridgehead atoms. The highest BCUT2D eigenvalue weighted by molar-refractivity contribution is 5.98. The van der Waals surface area contributed by atoms with E-state index in [9.17, 15) is 23.2 Å². The number of anilines is 1. The number of rotatable bonds is 3. The van der Waals surface area contributed by atoms with Crippen LogP contribution < -0.4 is 4.90 Å². The zero-order valence-corrected chi connectivity index (χ0v) is 16.5. The van der Waals surface area contributed by atoms with Gasteiger partial charge in [-0.2, -0.15) is 18.4 Å². The van der Waals surface area contributed by atoms with Crippen LogP contribution in [0, 0.1) is 17.2 Å². The number of halogens is 3. The van der Waals surface area contributed by atoms with Crippen LogP contribution in [-0.4, -0.2) is 53.2 Å². The predicted octanol–water partition coefficient (Wildman–Crippen LogP) is 3.56. The highest BCUT2D eigenvalue weighted by Gasteiger charge is 2.49. The van der Waals surface area contributed by atoms with E-state index in [1.54, 1.807) is 6.07 Å². The Hall–Kier alpha value is -2.60. The molecule has 1 spiro atoms. The lowest BCUT2D eigenvalue weighted by Crippen LogP contribution is -2.54. The molecule has 1 aromatic rings. The second-order valence-electron chi connectivity index (χ2n) is 8.16. The molecule has 6 nitrogen and oxygen atoms in total. The van der Waals surface area contributed by atoms with Crippen molar-refractivity contribution in [3.05, 3.63) is 29.8 Å². The van der Waals surface area contributed by atoms with Gasteiger partial charge in [0, 0.05) is 25.0 Å². The van der Waals surface area contributed by atoms with Gasteiger partial charge >= 0.3 is 12.1 Å². The SMILES string of the molecule is N#Cc1ccccc1N1CC2(CCCCN2CC2CC2)CC1=O.O=C(O)C(F)(F)F. The third-order valence-corrected chi connectivity index (χ3v) is 5.96. The Kier molecular flexibility index (Phi) is 6.36. The zero-order valence-electron chi connectivity index (χ0n) is 16.5. The second kappa shape index (κ2) is 8.64. The van der Waals surface area contributed by atoms with Crippen molar-refractivity contribution < 1.29 is 27.9 Å². The van der Waals surface area contributed by atoms with Crippen molar-refractivity contribution in [2.75, 3.05) is 24.5 Å². The molecule has 1 N–H and O–H groups in total. The third kappa shape index (κ3) is 4.93. The van der Waals surface area contributed by atoms with Crippen LogP contribution in [-0.2, 0) is 9.59 Å². The maximum Gasteiger partial charge on any atom is 0.490 e. The lowest BCUT2D eigenvalue weighted by atomic mass is 9.85. The van der Waals surface area contributed by atoms with Crippen LogP contribution in [0.5, 0.6) is 0 Å². The summed E-state index contributed by atoms with van der Waals surface area (Å²) in [7, 11) is 0. The van der Waals surface area contributed by atoms with E-state index in [1.807, 2.05) is 23.1 Å². The normalized spacial score (nSPS) is 24.3. The lowest BCUT2D eigenvalue weighted by Gasteiger charge is -2.44. The Morgan fingerprint density at radius 2 is 1.93 bits per heavy atom. The van der Waals surface area contributed by atoms with Crippen LogP contribution in [0.4, 0.5) is 18.9 Å². The number of hydrogen-bond acceptors (Lipinski definition) is 4. The number of carbonyl (C=O) groups excluding carboxylic acids is 1. The summed E-state index contributed by atoms with van der Waals surface area (Å²) < 4.78 is 31.7. The summed E-state index contributed by atoms with van der Waals surface area (Å²) in [5.74, 6) is -1.73. The summed E-state index contributed by atoms with van der Waals surface area (Å²) in [5.41, 5.74) is 1.39. The number of alkyl halides is 3. The average molecular weight is 423 g/mol. The van der Waals surface area contributed by atoms with Crippen LogP contribution in [0.1, 0.15) is 44.1 Å². The van der Waals surface area contributed by atoms with E-state index in [-0.39, 0.29) is 11.4 Å². The number of likely N-dealkylation sites (tertiary alicyclic amines) is 1. The predicted molar refractivity (Wildman–Crippen MR) is 103 cm³/mol. The highest BCUT2D eigenvalue weighted by Crippen LogP contribution is 2.42. The van der Waals surface area contributed by atoms with Crippen molar-refractivity contribution in [3.63, 3.8) is 0 Å². The van der Waals surface area contributed by atoms with E-state index in [1.165, 1.54) is 25.7 Å². The number of piperidine rings is 1. The number of carboxylic acid groups (broad SMARTS) is 1. The Balaban J connectivity index is 0.000000318. The first kappa shape index (κ1) is 22.1. The number of hydrogen-bond donors (Lipinski definition) is 1. The summed E-state index contributed by atoms with van der Waals surface area (Å²) >= 11 is 0. The van der Waals surface area contributed by atoms with Gasteiger partial charge in [0.15, 0.2) is 0 Å². The van der Waals surface area contributed by atoms with Gasteiger partial charge in [0.2, 0.25) is 5.91 Å². The second-order valence-corrected chi connectivity index (χ2v) is 8.16. The topological polar surface area (TPSA) is 84.6 Å². The summed E-state index contributed by atoms with van der Waals surface area (Å²) in [6, 6.07) is 9.71. The highest BCUT2D eigenvalue weighted by atomic mass is 19.4. The molecular weight excluding hydrogens is 399 g/mol. The summed E-state index contributed by atoms with van der Waals surface area (Å²) in [5, 5.41) is 16.5. The van der Waals surface area contributed by atoms with Gasteiger partial charge in [-0.05, 0) is 50.3 Å². The molecule has 3 fully saturated rings. The van der Waals surface area contributed by atoms with Gasteiger partial charge in [0.25, 0.3) is 0 Å². The van der Waals surface area contributed by atoms with Gasteiger partial charge in [0.05, 0.1) is 11.3 Å². The molecule has 4 rings (SSSR count). The first-order valence-electron chi connectivity index (χ1n) is 10.0. The van der Waals surface area contributed by atoms with E-state index in [0.717, 1.165) is 37.7 Å². The Morgan fingerprint density at radius 3 is 2.53 bits per heavy atom. The van der Waals surface area contributed by atoms with E-state index in [4.69, 9.17) is 9.90 Å². The van der Waals surface area contributed by atoms with Crippen molar-refractivity contribution in [3.8, 4) is 6.07 Å². The zero-order chi connectivity index (χ0) is 21.9. The molecule has 9 heteroatoms. The van der Waals surface area contributed by atoms with Crippen LogP contribution in [0.3, 0.4) is 0 Å². The molecule has 30 heavy (non-hydrogen) atoms. The molecule has 3 aliphatic rings. The van der Waals surface area contributed by atoms with Crippen molar-refractivity contribution in [2.45, 2.75) is 50.2 Å². The van der Waals surface area contributed by atoms with E-state index >= 15 is 0 Å². The smallest absolute Gasteiger partial charge is 0.475 e. The van der Waals surface area contributed by atoms with Gasteiger partial charge in [-0.25, -0.2) is 4.79 Å². The van der Waals surface area contributed by atoms with Crippen molar-refractivity contribution in [1.29, 1.82) is 5.26 Å². The molecule has 1 amide bonds. The first-order valence-corrected chi connectivity index (χ1v) is 10.0. The molecule has 0 radical (unpaired) electrons. The maximum absolute atomic E-state index is 12.8.